The second kappa shape index (κ2) is 4.68. The number of nitrogens with two attached hydrogens (primary N) is 1. The van der Waals surface area contributed by atoms with Crippen LogP contribution < -0.4 is 11.4 Å². The Kier molecular flexibility index (Phi) is 2.87. The molecule has 0 amide bonds. The molecule has 3 rings (SSSR count). The van der Waals surface area contributed by atoms with E-state index in [-0.39, 0.29) is 5.56 Å². The van der Waals surface area contributed by atoms with Gasteiger partial charge in [-0.1, -0.05) is 30.3 Å². The van der Waals surface area contributed by atoms with E-state index < -0.39 is 0 Å². The van der Waals surface area contributed by atoms with Gasteiger partial charge in [-0.3, -0.25) is 4.79 Å². The molecule has 0 saturated heterocycles. The maximum Gasteiger partial charge on any atom is 0.264 e. The predicted octanol–water partition coefficient (Wildman–Crippen LogP) is 1.16. The van der Waals surface area contributed by atoms with E-state index in [9.17, 15) is 4.79 Å². The molecule has 0 aliphatic heterocycles. The number of aromatic nitrogens is 2. The summed E-state index contributed by atoms with van der Waals surface area (Å²) in [6.07, 6.45) is 1.52. The quantitative estimate of drug-likeness (QED) is 0.591. The van der Waals surface area contributed by atoms with Gasteiger partial charge in [0.05, 0.1) is 11.4 Å². The number of nitrogens with one attached hydrogen (secondary N) is 1. The Bertz CT molecular complexity index is 675. The number of rotatable bonds is 1. The van der Waals surface area contributed by atoms with Gasteiger partial charge in [0.15, 0.2) is 0 Å². The summed E-state index contributed by atoms with van der Waals surface area (Å²) in [7, 11) is 0. The summed E-state index contributed by atoms with van der Waals surface area (Å²) < 4.78 is 0. The van der Waals surface area contributed by atoms with Crippen molar-refractivity contribution in [3.8, 4) is 0 Å². The molecule has 5 heteroatoms. The molecule has 19 heavy (non-hydrogen) atoms. The number of fused-ring (bicyclic) bond motifs is 1. The first-order valence-corrected chi connectivity index (χ1v) is 6.18. The Morgan fingerprint density at radius 1 is 1.26 bits per heavy atom. The summed E-state index contributed by atoms with van der Waals surface area (Å²) in [5.41, 5.74) is 3.39. The van der Waals surface area contributed by atoms with Crippen molar-refractivity contribution in [2.45, 2.75) is 18.8 Å². The number of benzene rings is 1. The number of nitrogens with zero attached hydrogens (tertiary/aromatic N) is 2. The molecule has 1 heterocycles. The zero-order chi connectivity index (χ0) is 13.2. The van der Waals surface area contributed by atoms with Gasteiger partial charge in [0.25, 0.3) is 5.56 Å². The van der Waals surface area contributed by atoms with Crippen LogP contribution in [0, 0.1) is 0 Å². The summed E-state index contributed by atoms with van der Waals surface area (Å²) in [5, 5.41) is 10.4. The van der Waals surface area contributed by atoms with Crippen LogP contribution in [0.3, 0.4) is 0 Å². The topological polar surface area (TPSA) is 84.1 Å². The van der Waals surface area contributed by atoms with E-state index >= 15 is 0 Å². The molecule has 1 aromatic heterocycles. The highest BCUT2D eigenvalue weighted by atomic mass is 16.1. The number of aromatic amines is 1. The lowest BCUT2D eigenvalue weighted by atomic mass is 9.81. The molecular weight excluding hydrogens is 240 g/mol. The van der Waals surface area contributed by atoms with Crippen molar-refractivity contribution in [2.24, 2.45) is 10.9 Å². The molecule has 5 nitrogen and oxygen atoms in total. The van der Waals surface area contributed by atoms with E-state index in [1.807, 2.05) is 18.2 Å². The molecule has 0 saturated carbocycles. The minimum absolute atomic E-state index is 0.224. The molecule has 1 atom stereocenters. The fourth-order valence-electron chi connectivity index (χ4n) is 2.57. The molecule has 0 bridgehead atoms. The summed E-state index contributed by atoms with van der Waals surface area (Å²) in [6.45, 7) is 0. The van der Waals surface area contributed by atoms with Gasteiger partial charge in [0.1, 0.15) is 0 Å². The average molecular weight is 254 g/mol. The standard InChI is InChI=1S/C14H14N4O/c15-16-12-6-10(9-4-2-1-3-5-9)7-13-11(12)8-14(19)18-17-13/h1-5,8,10H,6-7,15H2,(H,18,19)/t10-/m0/s1. The fourth-order valence-corrected chi connectivity index (χ4v) is 2.57. The summed E-state index contributed by atoms with van der Waals surface area (Å²) in [4.78, 5) is 11.3. The lowest BCUT2D eigenvalue weighted by molar-refractivity contribution is 0.665. The lowest BCUT2D eigenvalue weighted by Gasteiger charge is -2.24. The van der Waals surface area contributed by atoms with Gasteiger partial charge in [-0.25, -0.2) is 5.10 Å². The molecule has 1 aromatic carbocycles. The first-order chi connectivity index (χ1) is 9.28. The third-order valence-corrected chi connectivity index (χ3v) is 3.50. The molecule has 0 fully saturated rings. The SMILES string of the molecule is NN=C1C[C@H](c2ccccc2)Cc2n[nH]c(=O)cc21. The predicted molar refractivity (Wildman–Crippen MR) is 73.1 cm³/mol. The van der Waals surface area contributed by atoms with Crippen molar-refractivity contribution in [2.75, 3.05) is 0 Å². The highest BCUT2D eigenvalue weighted by molar-refractivity contribution is 6.02. The normalized spacial score (nSPS) is 20.2. The number of H-pyrrole nitrogens is 1. The molecule has 1 aliphatic rings. The molecule has 0 unspecified atom stereocenters. The van der Waals surface area contributed by atoms with E-state index in [2.05, 4.69) is 27.4 Å². The average Bonchev–Trinajstić information content (AvgIpc) is 2.47. The Hall–Kier alpha value is -2.43. The third-order valence-electron chi connectivity index (χ3n) is 3.50. The van der Waals surface area contributed by atoms with Crippen molar-refractivity contribution in [1.29, 1.82) is 0 Å². The summed E-state index contributed by atoms with van der Waals surface area (Å²) in [6, 6.07) is 11.7. The van der Waals surface area contributed by atoms with Crippen molar-refractivity contribution in [1.82, 2.24) is 10.2 Å². The first kappa shape index (κ1) is 11.6. The third kappa shape index (κ3) is 2.14. The number of hydrogen-bond donors (Lipinski definition) is 2. The van der Waals surface area contributed by atoms with Crippen molar-refractivity contribution < 1.29 is 0 Å². The second-order valence-corrected chi connectivity index (χ2v) is 4.68. The van der Waals surface area contributed by atoms with E-state index in [1.54, 1.807) is 0 Å². The van der Waals surface area contributed by atoms with Gasteiger partial charge in [-0.05, 0) is 24.3 Å². The van der Waals surface area contributed by atoms with Crippen LogP contribution >= 0.6 is 0 Å². The monoisotopic (exact) mass is 254 g/mol. The van der Waals surface area contributed by atoms with Crippen molar-refractivity contribution in [3.05, 3.63) is 63.6 Å². The van der Waals surface area contributed by atoms with Gasteiger partial charge in [-0.15, -0.1) is 0 Å². The van der Waals surface area contributed by atoms with Crippen LogP contribution in [0.4, 0.5) is 0 Å². The highest BCUT2D eigenvalue weighted by Gasteiger charge is 2.26. The van der Waals surface area contributed by atoms with Crippen LogP contribution in [0.2, 0.25) is 0 Å². The zero-order valence-corrected chi connectivity index (χ0v) is 10.3. The Balaban J connectivity index is 2.04. The van der Waals surface area contributed by atoms with Crippen molar-refractivity contribution in [3.63, 3.8) is 0 Å². The van der Waals surface area contributed by atoms with Gasteiger partial charge in [0.2, 0.25) is 0 Å². The Morgan fingerprint density at radius 3 is 2.79 bits per heavy atom. The van der Waals surface area contributed by atoms with Crippen LogP contribution in [0.1, 0.15) is 29.2 Å². The molecular formula is C14H14N4O. The Morgan fingerprint density at radius 2 is 2.05 bits per heavy atom. The zero-order valence-electron chi connectivity index (χ0n) is 10.3. The second-order valence-electron chi connectivity index (χ2n) is 4.68. The van der Waals surface area contributed by atoms with E-state index in [1.165, 1.54) is 11.6 Å². The molecule has 1 aliphatic carbocycles. The van der Waals surface area contributed by atoms with E-state index in [0.29, 0.717) is 5.92 Å². The first-order valence-electron chi connectivity index (χ1n) is 6.18. The van der Waals surface area contributed by atoms with E-state index in [4.69, 9.17) is 5.84 Å². The van der Waals surface area contributed by atoms with Gasteiger partial charge < -0.3 is 5.84 Å². The van der Waals surface area contributed by atoms with Crippen LogP contribution in [-0.4, -0.2) is 15.9 Å². The minimum Gasteiger partial charge on any atom is -0.323 e. The number of hydrogen-bond acceptors (Lipinski definition) is 4. The summed E-state index contributed by atoms with van der Waals surface area (Å²) in [5.74, 6) is 5.76. The lowest BCUT2D eigenvalue weighted by Crippen LogP contribution is -2.25. The van der Waals surface area contributed by atoms with Crippen LogP contribution in [0.5, 0.6) is 0 Å². The van der Waals surface area contributed by atoms with Crippen LogP contribution in [0.25, 0.3) is 0 Å². The molecule has 2 aromatic rings. The van der Waals surface area contributed by atoms with Crippen LogP contribution in [-0.2, 0) is 6.42 Å². The largest absolute Gasteiger partial charge is 0.323 e. The van der Waals surface area contributed by atoms with Crippen molar-refractivity contribution >= 4 is 5.71 Å². The van der Waals surface area contributed by atoms with Gasteiger partial charge in [-0.2, -0.15) is 10.2 Å². The fraction of sp³-hybridized carbons (Fsp3) is 0.214. The van der Waals surface area contributed by atoms with Gasteiger partial charge in [0, 0.05) is 11.6 Å². The molecule has 3 N–H and O–H groups in total. The van der Waals surface area contributed by atoms with E-state index in [0.717, 1.165) is 29.8 Å². The minimum atomic E-state index is -0.224. The molecule has 0 radical (unpaired) electrons. The van der Waals surface area contributed by atoms with Crippen LogP contribution in [0.15, 0.2) is 46.3 Å². The highest BCUT2D eigenvalue weighted by Crippen LogP contribution is 2.30. The van der Waals surface area contributed by atoms with Gasteiger partial charge >= 0.3 is 0 Å². The maximum absolute atomic E-state index is 11.3. The summed E-state index contributed by atoms with van der Waals surface area (Å²) >= 11 is 0. The number of hydrazone groups is 1. The molecule has 0 spiro atoms. The maximum atomic E-state index is 11.3. The Labute approximate surface area is 110 Å². The smallest absolute Gasteiger partial charge is 0.264 e. The molecule has 96 valence electrons.